The Balaban J connectivity index is 1.66. The minimum atomic E-state index is -0.667. The van der Waals surface area contributed by atoms with E-state index in [-0.39, 0.29) is 12.0 Å². The van der Waals surface area contributed by atoms with Gasteiger partial charge in [-0.25, -0.2) is 0 Å². The largest absolute Gasteiger partial charge is 0.482 e. The van der Waals surface area contributed by atoms with Crippen molar-refractivity contribution in [3.05, 3.63) is 48.4 Å². The van der Waals surface area contributed by atoms with Crippen molar-refractivity contribution in [2.24, 2.45) is 0 Å². The Morgan fingerprint density at radius 3 is 2.60 bits per heavy atom. The first-order valence-corrected chi connectivity index (χ1v) is 6.46. The van der Waals surface area contributed by atoms with E-state index in [2.05, 4.69) is 5.32 Å². The van der Waals surface area contributed by atoms with Gasteiger partial charge < -0.3 is 19.2 Å². The van der Waals surface area contributed by atoms with Crippen molar-refractivity contribution in [2.45, 2.75) is 25.7 Å². The molecule has 1 aliphatic rings. The molecule has 1 amide bonds. The van der Waals surface area contributed by atoms with Crippen molar-refractivity contribution < 1.29 is 18.7 Å². The Bertz CT molecular complexity index is 594. The number of furan rings is 1. The number of amides is 1. The Labute approximate surface area is 116 Å². The summed E-state index contributed by atoms with van der Waals surface area (Å²) in [6.45, 7) is 2.15. The Morgan fingerprint density at radius 1 is 1.15 bits per heavy atom. The molecule has 104 valence electrons. The van der Waals surface area contributed by atoms with E-state index in [1.807, 2.05) is 25.1 Å². The molecule has 0 saturated carbocycles. The van der Waals surface area contributed by atoms with Gasteiger partial charge in [0.05, 0.1) is 12.8 Å². The maximum Gasteiger partial charge on any atom is 0.265 e. The summed E-state index contributed by atoms with van der Waals surface area (Å²) < 4.78 is 16.6. The van der Waals surface area contributed by atoms with Crippen molar-refractivity contribution in [3.8, 4) is 11.5 Å². The third-order valence-corrected chi connectivity index (χ3v) is 3.12. The maximum atomic E-state index is 12.2. The van der Waals surface area contributed by atoms with Gasteiger partial charge in [-0.1, -0.05) is 12.1 Å². The molecular formula is C15H15NO4. The smallest absolute Gasteiger partial charge is 0.265 e. The Morgan fingerprint density at radius 2 is 1.90 bits per heavy atom. The van der Waals surface area contributed by atoms with E-state index in [9.17, 15) is 4.79 Å². The third kappa shape index (κ3) is 2.47. The third-order valence-electron chi connectivity index (χ3n) is 3.12. The molecule has 0 aliphatic carbocycles. The highest BCUT2D eigenvalue weighted by atomic mass is 16.6. The van der Waals surface area contributed by atoms with Gasteiger partial charge >= 0.3 is 0 Å². The van der Waals surface area contributed by atoms with Crippen molar-refractivity contribution in [2.75, 3.05) is 0 Å². The van der Waals surface area contributed by atoms with Crippen molar-refractivity contribution in [1.29, 1.82) is 0 Å². The molecule has 5 nitrogen and oxygen atoms in total. The molecule has 5 heteroatoms. The van der Waals surface area contributed by atoms with Crippen LogP contribution in [0.3, 0.4) is 0 Å². The molecule has 0 spiro atoms. The number of carbonyl (C=O) groups is 1. The summed E-state index contributed by atoms with van der Waals surface area (Å²) in [5.74, 6) is 1.73. The highest BCUT2D eigenvalue weighted by Crippen LogP contribution is 2.33. The second kappa shape index (κ2) is 5.28. The number of para-hydroxylation sites is 2. The van der Waals surface area contributed by atoms with Crippen LogP contribution in [0.2, 0.25) is 0 Å². The minimum Gasteiger partial charge on any atom is -0.482 e. The zero-order valence-electron chi connectivity index (χ0n) is 11.0. The van der Waals surface area contributed by atoms with Gasteiger partial charge in [-0.2, -0.15) is 0 Å². The first-order valence-electron chi connectivity index (χ1n) is 6.46. The lowest BCUT2D eigenvalue weighted by atomic mass is 10.1. The molecule has 2 heterocycles. The van der Waals surface area contributed by atoms with Crippen LogP contribution in [0.1, 0.15) is 12.7 Å². The molecule has 20 heavy (non-hydrogen) atoms. The standard InChI is InChI=1S/C15H15NO4/c1-10-14(15(17)16-9-11-5-4-8-18-11)20-13-7-3-2-6-12(13)19-10/h2-8,10,14H,9H2,1H3,(H,16,17)/t10-,14+/m1/s1. The van der Waals surface area contributed by atoms with Crippen LogP contribution < -0.4 is 14.8 Å². The predicted octanol–water partition coefficient (Wildman–Crippen LogP) is 2.12. The molecule has 1 aromatic carbocycles. The average Bonchev–Trinajstić information content (AvgIpc) is 2.97. The number of ether oxygens (including phenoxy) is 2. The number of carbonyl (C=O) groups excluding carboxylic acids is 1. The number of nitrogens with one attached hydrogen (secondary N) is 1. The van der Waals surface area contributed by atoms with Gasteiger partial charge in [0.2, 0.25) is 6.10 Å². The van der Waals surface area contributed by atoms with E-state index in [4.69, 9.17) is 13.9 Å². The maximum absolute atomic E-state index is 12.2. The molecule has 1 N–H and O–H groups in total. The van der Waals surface area contributed by atoms with Crippen LogP contribution in [0, 0.1) is 0 Å². The fourth-order valence-corrected chi connectivity index (χ4v) is 2.09. The summed E-state index contributed by atoms with van der Waals surface area (Å²) in [7, 11) is 0. The van der Waals surface area contributed by atoms with E-state index in [0.717, 1.165) is 0 Å². The first kappa shape index (κ1) is 12.6. The zero-order chi connectivity index (χ0) is 13.9. The van der Waals surface area contributed by atoms with Crippen LogP contribution in [0.25, 0.3) is 0 Å². The molecule has 1 aromatic heterocycles. The lowest BCUT2D eigenvalue weighted by molar-refractivity contribution is -0.133. The fraction of sp³-hybridized carbons (Fsp3) is 0.267. The Kier molecular flexibility index (Phi) is 3.33. The van der Waals surface area contributed by atoms with E-state index >= 15 is 0 Å². The lowest BCUT2D eigenvalue weighted by Crippen LogP contribution is -2.48. The minimum absolute atomic E-state index is 0.219. The first-order chi connectivity index (χ1) is 9.74. The molecule has 3 rings (SSSR count). The van der Waals surface area contributed by atoms with Crippen molar-refractivity contribution in [1.82, 2.24) is 5.32 Å². The second-order valence-electron chi connectivity index (χ2n) is 4.61. The SMILES string of the molecule is C[C@H]1Oc2ccccc2O[C@@H]1C(=O)NCc1ccco1. The van der Waals surface area contributed by atoms with E-state index in [0.29, 0.717) is 23.8 Å². The summed E-state index contributed by atoms with van der Waals surface area (Å²) in [4.78, 5) is 12.2. The monoisotopic (exact) mass is 273 g/mol. The predicted molar refractivity (Wildman–Crippen MR) is 71.5 cm³/mol. The van der Waals surface area contributed by atoms with Crippen LogP contribution in [-0.4, -0.2) is 18.1 Å². The van der Waals surface area contributed by atoms with E-state index in [1.165, 1.54) is 0 Å². The summed E-state index contributed by atoms with van der Waals surface area (Å²) in [6, 6.07) is 10.9. The van der Waals surface area contributed by atoms with Gasteiger partial charge in [-0.15, -0.1) is 0 Å². The molecule has 0 saturated heterocycles. The van der Waals surface area contributed by atoms with Crippen molar-refractivity contribution >= 4 is 5.91 Å². The van der Waals surface area contributed by atoms with Gasteiger partial charge in [0.25, 0.3) is 5.91 Å². The van der Waals surface area contributed by atoms with Crippen LogP contribution in [0.15, 0.2) is 47.1 Å². The number of rotatable bonds is 3. The summed E-state index contributed by atoms with van der Waals surface area (Å²) in [5, 5.41) is 2.78. The molecule has 0 radical (unpaired) electrons. The van der Waals surface area contributed by atoms with Crippen molar-refractivity contribution in [3.63, 3.8) is 0 Å². The van der Waals surface area contributed by atoms with Gasteiger partial charge in [0, 0.05) is 0 Å². The van der Waals surface area contributed by atoms with E-state index < -0.39 is 6.10 Å². The average molecular weight is 273 g/mol. The summed E-state index contributed by atoms with van der Waals surface area (Å²) in [5.41, 5.74) is 0. The highest BCUT2D eigenvalue weighted by Gasteiger charge is 2.33. The van der Waals surface area contributed by atoms with Crippen LogP contribution in [0.4, 0.5) is 0 Å². The van der Waals surface area contributed by atoms with Gasteiger partial charge in [-0.3, -0.25) is 4.79 Å². The second-order valence-corrected chi connectivity index (χ2v) is 4.61. The van der Waals surface area contributed by atoms with Gasteiger partial charge in [0.1, 0.15) is 11.9 Å². The molecule has 0 unspecified atom stereocenters. The molecular weight excluding hydrogens is 258 g/mol. The van der Waals surface area contributed by atoms with Gasteiger partial charge in [-0.05, 0) is 31.2 Å². The number of fused-ring (bicyclic) bond motifs is 1. The highest BCUT2D eigenvalue weighted by molar-refractivity contribution is 5.82. The zero-order valence-corrected chi connectivity index (χ0v) is 11.0. The normalized spacial score (nSPS) is 20.4. The Hall–Kier alpha value is -2.43. The summed E-state index contributed by atoms with van der Waals surface area (Å²) >= 11 is 0. The van der Waals surface area contributed by atoms with E-state index in [1.54, 1.807) is 24.5 Å². The molecule has 0 fully saturated rings. The van der Waals surface area contributed by atoms with Crippen LogP contribution in [0.5, 0.6) is 11.5 Å². The quantitative estimate of drug-likeness (QED) is 0.930. The van der Waals surface area contributed by atoms with Crippen LogP contribution in [-0.2, 0) is 11.3 Å². The van der Waals surface area contributed by atoms with Crippen LogP contribution >= 0.6 is 0 Å². The topological polar surface area (TPSA) is 60.7 Å². The number of benzene rings is 1. The molecule has 1 aliphatic heterocycles. The van der Waals surface area contributed by atoms with Gasteiger partial charge in [0.15, 0.2) is 11.5 Å². The fourth-order valence-electron chi connectivity index (χ4n) is 2.09. The molecule has 2 aromatic rings. The molecule has 2 atom stereocenters. The summed E-state index contributed by atoms with van der Waals surface area (Å²) in [6.07, 6.45) is 0.557. The number of hydrogen-bond acceptors (Lipinski definition) is 4. The lowest BCUT2D eigenvalue weighted by Gasteiger charge is -2.30. The molecule has 0 bridgehead atoms. The number of hydrogen-bond donors (Lipinski definition) is 1.